The number of benzene rings is 1. The van der Waals surface area contributed by atoms with Crippen LogP contribution in [-0.4, -0.2) is 27.9 Å². The van der Waals surface area contributed by atoms with Crippen LogP contribution in [0.25, 0.3) is 0 Å². The van der Waals surface area contributed by atoms with E-state index in [9.17, 15) is 9.18 Å². The van der Waals surface area contributed by atoms with Crippen LogP contribution in [0.15, 0.2) is 22.5 Å². The summed E-state index contributed by atoms with van der Waals surface area (Å²) in [6.07, 6.45) is 2.34. The lowest BCUT2D eigenvalue weighted by molar-refractivity contribution is -0.113. The summed E-state index contributed by atoms with van der Waals surface area (Å²) in [5.41, 5.74) is 0.463. The van der Waals surface area contributed by atoms with E-state index in [2.05, 4.69) is 20.8 Å². The van der Waals surface area contributed by atoms with Gasteiger partial charge in [-0.1, -0.05) is 34.7 Å². The van der Waals surface area contributed by atoms with Crippen LogP contribution in [0.1, 0.15) is 12.8 Å². The molecular weight excluding hydrogens is 347 g/mol. The highest BCUT2D eigenvalue weighted by Crippen LogP contribution is 2.30. The minimum absolute atomic E-state index is 0.0228. The van der Waals surface area contributed by atoms with E-state index in [4.69, 9.17) is 11.6 Å². The number of thioether (sulfide) groups is 1. The van der Waals surface area contributed by atoms with Gasteiger partial charge in [-0.3, -0.25) is 4.79 Å². The van der Waals surface area contributed by atoms with Crippen molar-refractivity contribution in [2.75, 3.05) is 16.4 Å². The second-order valence-electron chi connectivity index (χ2n) is 4.76. The van der Waals surface area contributed by atoms with Gasteiger partial charge in [0.15, 0.2) is 4.34 Å². The molecule has 2 N–H and O–H groups in total. The standard InChI is InChI=1S/C13H12ClFN4OS2/c14-9-5-8(3-4-10(9)15)16-11(20)6-21-13-19-18-12(22-13)17-7-1-2-7/h3-5,7H,1-2,6H2,(H,16,20)(H,17,18). The van der Waals surface area contributed by atoms with E-state index in [0.29, 0.717) is 11.7 Å². The van der Waals surface area contributed by atoms with Crippen LogP contribution in [-0.2, 0) is 4.79 Å². The van der Waals surface area contributed by atoms with Crippen LogP contribution in [0.5, 0.6) is 0 Å². The number of aromatic nitrogens is 2. The van der Waals surface area contributed by atoms with E-state index in [0.717, 1.165) is 9.47 Å². The molecule has 1 aliphatic rings. The summed E-state index contributed by atoms with van der Waals surface area (Å²) in [6.45, 7) is 0. The van der Waals surface area contributed by atoms with Crippen LogP contribution in [0.2, 0.25) is 5.02 Å². The number of nitrogens with zero attached hydrogens (tertiary/aromatic N) is 2. The van der Waals surface area contributed by atoms with Gasteiger partial charge < -0.3 is 10.6 Å². The summed E-state index contributed by atoms with van der Waals surface area (Å²) < 4.78 is 13.8. The minimum atomic E-state index is -0.515. The molecule has 0 spiro atoms. The second kappa shape index (κ2) is 6.80. The molecule has 0 atom stereocenters. The average molecular weight is 359 g/mol. The fourth-order valence-corrected chi connectivity index (χ4v) is 3.44. The first-order valence-corrected chi connectivity index (χ1v) is 8.76. The van der Waals surface area contributed by atoms with Crippen molar-refractivity contribution >= 4 is 51.4 Å². The number of nitrogens with one attached hydrogen (secondary N) is 2. The van der Waals surface area contributed by atoms with Crippen LogP contribution in [0.3, 0.4) is 0 Å². The van der Waals surface area contributed by atoms with Gasteiger partial charge in [0.05, 0.1) is 10.8 Å². The molecule has 1 amide bonds. The fourth-order valence-electron chi connectivity index (χ4n) is 1.63. The van der Waals surface area contributed by atoms with Crippen molar-refractivity contribution in [2.24, 2.45) is 0 Å². The SMILES string of the molecule is O=C(CSc1nnc(NC2CC2)s1)Nc1ccc(F)c(Cl)c1. The molecule has 0 saturated heterocycles. The van der Waals surface area contributed by atoms with Gasteiger partial charge in [-0.25, -0.2) is 4.39 Å². The fraction of sp³-hybridized carbons (Fsp3) is 0.308. The molecule has 1 fully saturated rings. The third-order valence-corrected chi connectivity index (χ3v) is 5.12. The average Bonchev–Trinajstić information content (AvgIpc) is 3.18. The number of hydrogen-bond acceptors (Lipinski definition) is 6. The summed E-state index contributed by atoms with van der Waals surface area (Å²) in [5, 5.41) is 14.7. The summed E-state index contributed by atoms with van der Waals surface area (Å²) >= 11 is 8.41. The topological polar surface area (TPSA) is 66.9 Å². The molecule has 3 rings (SSSR count). The molecule has 0 unspecified atom stereocenters. The minimum Gasteiger partial charge on any atom is -0.357 e. The lowest BCUT2D eigenvalue weighted by atomic mass is 10.3. The van der Waals surface area contributed by atoms with Gasteiger partial charge in [-0.2, -0.15) is 0 Å². The molecule has 0 aliphatic heterocycles. The van der Waals surface area contributed by atoms with E-state index < -0.39 is 5.82 Å². The molecule has 2 aromatic rings. The molecule has 0 bridgehead atoms. The number of carbonyl (C=O) groups is 1. The molecule has 1 aromatic heterocycles. The number of halogens is 2. The molecular formula is C13H12ClFN4OS2. The lowest BCUT2D eigenvalue weighted by Crippen LogP contribution is -2.13. The lowest BCUT2D eigenvalue weighted by Gasteiger charge is -2.04. The van der Waals surface area contributed by atoms with E-state index in [1.165, 1.54) is 54.1 Å². The molecule has 116 valence electrons. The number of anilines is 2. The van der Waals surface area contributed by atoms with Crippen molar-refractivity contribution in [1.82, 2.24) is 10.2 Å². The molecule has 1 aliphatic carbocycles. The second-order valence-corrected chi connectivity index (χ2v) is 7.36. The quantitative estimate of drug-likeness (QED) is 0.772. The van der Waals surface area contributed by atoms with Crippen molar-refractivity contribution in [1.29, 1.82) is 0 Å². The Hall–Kier alpha value is -1.38. The first-order chi connectivity index (χ1) is 10.6. The zero-order valence-corrected chi connectivity index (χ0v) is 13.7. The predicted octanol–water partition coefficient (Wildman–Crippen LogP) is 3.64. The maximum Gasteiger partial charge on any atom is 0.234 e. The maximum atomic E-state index is 13.0. The van der Waals surface area contributed by atoms with Gasteiger partial charge in [0, 0.05) is 11.7 Å². The number of carbonyl (C=O) groups excluding carboxylic acids is 1. The van der Waals surface area contributed by atoms with Gasteiger partial charge in [-0.05, 0) is 31.0 Å². The van der Waals surface area contributed by atoms with Crippen molar-refractivity contribution < 1.29 is 9.18 Å². The highest BCUT2D eigenvalue weighted by molar-refractivity contribution is 8.01. The Morgan fingerprint density at radius 2 is 2.27 bits per heavy atom. The third-order valence-electron chi connectivity index (χ3n) is 2.84. The zero-order chi connectivity index (χ0) is 15.5. The van der Waals surface area contributed by atoms with Gasteiger partial charge in [0.25, 0.3) is 0 Å². The van der Waals surface area contributed by atoms with Crippen molar-refractivity contribution in [3.63, 3.8) is 0 Å². The van der Waals surface area contributed by atoms with E-state index in [-0.39, 0.29) is 16.7 Å². The molecule has 1 heterocycles. The summed E-state index contributed by atoms with van der Waals surface area (Å²) in [7, 11) is 0. The highest BCUT2D eigenvalue weighted by Gasteiger charge is 2.22. The Balaban J connectivity index is 1.48. The van der Waals surface area contributed by atoms with Crippen LogP contribution in [0.4, 0.5) is 15.2 Å². The van der Waals surface area contributed by atoms with Crippen molar-refractivity contribution in [3.05, 3.63) is 29.0 Å². The Morgan fingerprint density at radius 3 is 3.00 bits per heavy atom. The molecule has 9 heteroatoms. The summed E-state index contributed by atoms with van der Waals surface area (Å²) in [4.78, 5) is 11.8. The number of amides is 1. The maximum absolute atomic E-state index is 13.0. The summed E-state index contributed by atoms with van der Waals surface area (Å²) in [5.74, 6) is -0.522. The largest absolute Gasteiger partial charge is 0.357 e. The molecule has 1 saturated carbocycles. The van der Waals surface area contributed by atoms with E-state index in [1.54, 1.807) is 0 Å². The monoisotopic (exact) mass is 358 g/mol. The predicted molar refractivity (Wildman–Crippen MR) is 87.3 cm³/mol. The van der Waals surface area contributed by atoms with Gasteiger partial charge in [0.1, 0.15) is 5.82 Å². The first-order valence-electron chi connectivity index (χ1n) is 6.58. The smallest absolute Gasteiger partial charge is 0.234 e. The molecule has 5 nitrogen and oxygen atoms in total. The molecule has 1 aromatic carbocycles. The van der Waals surface area contributed by atoms with E-state index in [1.807, 2.05) is 0 Å². The molecule has 22 heavy (non-hydrogen) atoms. The Morgan fingerprint density at radius 1 is 1.45 bits per heavy atom. The zero-order valence-electron chi connectivity index (χ0n) is 11.3. The summed E-state index contributed by atoms with van der Waals surface area (Å²) in [6, 6.07) is 4.58. The van der Waals surface area contributed by atoms with E-state index >= 15 is 0 Å². The van der Waals surface area contributed by atoms with Gasteiger partial charge in [0.2, 0.25) is 11.0 Å². The van der Waals surface area contributed by atoms with Crippen molar-refractivity contribution in [2.45, 2.75) is 23.2 Å². The first kappa shape index (κ1) is 15.5. The number of rotatable bonds is 6. The van der Waals surface area contributed by atoms with Gasteiger partial charge in [-0.15, -0.1) is 10.2 Å². The Kier molecular flexibility index (Phi) is 4.80. The van der Waals surface area contributed by atoms with Gasteiger partial charge >= 0.3 is 0 Å². The Labute approximate surface area is 139 Å². The Bertz CT molecular complexity index is 692. The third kappa shape index (κ3) is 4.31. The van der Waals surface area contributed by atoms with Crippen LogP contribution in [0, 0.1) is 5.82 Å². The van der Waals surface area contributed by atoms with Crippen LogP contribution < -0.4 is 10.6 Å². The number of hydrogen-bond donors (Lipinski definition) is 2. The normalized spacial score (nSPS) is 13.9. The molecule has 0 radical (unpaired) electrons. The highest BCUT2D eigenvalue weighted by atomic mass is 35.5. The van der Waals surface area contributed by atoms with Crippen molar-refractivity contribution in [3.8, 4) is 0 Å². The van der Waals surface area contributed by atoms with Crippen LogP contribution >= 0.6 is 34.7 Å².